The maximum absolute atomic E-state index is 11.1. The van der Waals surface area contributed by atoms with E-state index in [1.807, 2.05) is 30.3 Å². The average Bonchev–Trinajstić information content (AvgIpc) is 3.39. The van der Waals surface area contributed by atoms with E-state index in [4.69, 9.17) is 4.52 Å². The van der Waals surface area contributed by atoms with Crippen LogP contribution in [0.5, 0.6) is 11.5 Å². The summed E-state index contributed by atoms with van der Waals surface area (Å²) < 4.78 is 9.25. The number of benzene rings is 4. The molecular weight excluding hydrogens is 425 g/mol. The van der Waals surface area contributed by atoms with Gasteiger partial charge in [-0.3, -0.25) is 4.67 Å². The van der Waals surface area contributed by atoms with E-state index in [-0.39, 0.29) is 5.75 Å². The zero-order valence-electron chi connectivity index (χ0n) is 18.9. The van der Waals surface area contributed by atoms with Gasteiger partial charge in [-0.15, -0.1) is 0 Å². The Bertz CT molecular complexity index is 1260. The lowest BCUT2D eigenvalue weighted by molar-refractivity contribution is 0.448. The van der Waals surface area contributed by atoms with Crippen molar-refractivity contribution in [2.75, 3.05) is 13.1 Å². The Morgan fingerprint density at radius 2 is 1.30 bits per heavy atom. The normalized spacial score (nSPS) is 15.5. The zero-order valence-corrected chi connectivity index (χ0v) is 19.8. The van der Waals surface area contributed by atoms with Gasteiger partial charge in [0.15, 0.2) is 8.30 Å². The minimum Gasteiger partial charge on any atom is -0.507 e. The van der Waals surface area contributed by atoms with Crippen molar-refractivity contribution in [3.8, 4) is 22.6 Å². The number of phenolic OH excluding ortho intramolecular Hbond substituents is 1. The van der Waals surface area contributed by atoms with E-state index in [0.29, 0.717) is 0 Å². The van der Waals surface area contributed by atoms with E-state index in [2.05, 4.69) is 80.6 Å². The van der Waals surface area contributed by atoms with Crippen LogP contribution in [0.1, 0.15) is 13.8 Å². The van der Waals surface area contributed by atoms with Crippen molar-refractivity contribution in [2.45, 2.75) is 13.8 Å². The molecule has 0 saturated heterocycles. The van der Waals surface area contributed by atoms with Crippen LogP contribution in [0.2, 0.25) is 0 Å². The van der Waals surface area contributed by atoms with Crippen LogP contribution in [0, 0.1) is 31.3 Å². The molecule has 1 aliphatic rings. The minimum absolute atomic E-state index is 0.260. The third-order valence-corrected chi connectivity index (χ3v) is 8.27. The molecule has 33 heavy (non-hydrogen) atoms. The molecule has 1 aliphatic carbocycles. The Kier molecular flexibility index (Phi) is 6.53. The van der Waals surface area contributed by atoms with Crippen LogP contribution in [0.15, 0.2) is 72.8 Å². The highest BCUT2D eigenvalue weighted by Gasteiger charge is 2.34. The van der Waals surface area contributed by atoms with Gasteiger partial charge in [0.2, 0.25) is 0 Å². The van der Waals surface area contributed by atoms with Gasteiger partial charge in [-0.05, 0) is 59.4 Å². The predicted molar refractivity (Wildman–Crippen MR) is 139 cm³/mol. The first-order valence-electron chi connectivity index (χ1n) is 11.4. The van der Waals surface area contributed by atoms with Crippen LogP contribution >= 0.6 is 8.30 Å². The first kappa shape index (κ1) is 22.2. The largest absolute Gasteiger partial charge is 0.507 e. The fraction of sp³-hybridized carbons (Fsp3) is 0.138. The van der Waals surface area contributed by atoms with Gasteiger partial charge in [-0.25, -0.2) is 0 Å². The number of phenols is 1. The Morgan fingerprint density at radius 3 is 1.94 bits per heavy atom. The standard InChI is InChI=1S/C29H27NO2P/c1-3-30(4-2)33(23-13-7-8-14-23)32-27-20-18-22-12-6-10-16-25(22)29(27)28-24-15-9-5-11-21(24)17-19-26(28)31/h5-20,31H,3-4H2,1-2H3/t33-/m1/s1. The van der Waals surface area contributed by atoms with E-state index in [9.17, 15) is 5.11 Å². The van der Waals surface area contributed by atoms with Crippen molar-refractivity contribution in [2.24, 2.45) is 0 Å². The summed E-state index contributed by atoms with van der Waals surface area (Å²) in [4.78, 5) is 0. The highest BCUT2D eigenvalue weighted by molar-refractivity contribution is 7.54. The van der Waals surface area contributed by atoms with Gasteiger partial charge in [0.1, 0.15) is 11.5 Å². The summed E-state index contributed by atoms with van der Waals surface area (Å²) in [6, 6.07) is 24.4. The molecule has 0 aliphatic heterocycles. The van der Waals surface area contributed by atoms with Crippen molar-refractivity contribution in [1.82, 2.24) is 4.67 Å². The molecule has 1 fully saturated rings. The lowest BCUT2D eigenvalue weighted by atomic mass is 9.92. The molecule has 0 amide bonds. The van der Waals surface area contributed by atoms with Crippen molar-refractivity contribution in [3.05, 3.63) is 104 Å². The number of nitrogens with zero attached hydrogens (tertiary/aromatic N) is 1. The molecule has 0 heterocycles. The Balaban J connectivity index is 1.73. The van der Waals surface area contributed by atoms with Crippen LogP contribution < -0.4 is 4.52 Å². The quantitative estimate of drug-likeness (QED) is 0.291. The fourth-order valence-electron chi connectivity index (χ4n) is 4.45. The van der Waals surface area contributed by atoms with Gasteiger partial charge in [0.25, 0.3) is 0 Å². The molecule has 3 nitrogen and oxygen atoms in total. The highest BCUT2D eigenvalue weighted by Crippen LogP contribution is 2.58. The van der Waals surface area contributed by atoms with Crippen LogP contribution in [-0.2, 0) is 0 Å². The fourth-order valence-corrected chi connectivity index (χ4v) is 6.27. The molecule has 4 heteroatoms. The Labute approximate surface area is 197 Å². The molecule has 4 aromatic rings. The molecule has 0 spiro atoms. The van der Waals surface area contributed by atoms with Crippen LogP contribution in [0.25, 0.3) is 32.7 Å². The summed E-state index contributed by atoms with van der Waals surface area (Å²) in [5, 5.41) is 15.4. The average molecular weight is 453 g/mol. The topological polar surface area (TPSA) is 32.7 Å². The smallest absolute Gasteiger partial charge is 0.172 e. The second-order valence-corrected chi connectivity index (χ2v) is 9.80. The maximum Gasteiger partial charge on any atom is 0.172 e. The number of fused-ring (bicyclic) bond motifs is 2. The van der Waals surface area contributed by atoms with Gasteiger partial charge >= 0.3 is 0 Å². The van der Waals surface area contributed by atoms with E-state index in [0.717, 1.165) is 51.5 Å². The summed E-state index contributed by atoms with van der Waals surface area (Å²) >= 11 is 0. The molecule has 165 valence electrons. The molecule has 0 unspecified atom stereocenters. The Hall–Kier alpha value is -2.61. The minimum atomic E-state index is -1.02. The lowest BCUT2D eigenvalue weighted by Gasteiger charge is -2.33. The van der Waals surface area contributed by atoms with Crippen molar-refractivity contribution in [1.29, 1.82) is 0 Å². The molecule has 5 radical (unpaired) electrons. The summed E-state index contributed by atoms with van der Waals surface area (Å²) in [6.45, 7) is 6.14. The van der Waals surface area contributed by atoms with E-state index < -0.39 is 8.30 Å². The van der Waals surface area contributed by atoms with Crippen LogP contribution in [-0.4, -0.2) is 22.9 Å². The zero-order chi connectivity index (χ0) is 22.8. The molecule has 1 saturated carbocycles. The molecule has 4 aromatic carbocycles. The summed E-state index contributed by atoms with van der Waals surface area (Å²) in [7, 11) is -1.02. The van der Waals surface area contributed by atoms with Gasteiger partial charge < -0.3 is 9.63 Å². The van der Waals surface area contributed by atoms with Crippen LogP contribution in [0.3, 0.4) is 0 Å². The van der Waals surface area contributed by atoms with Gasteiger partial charge in [-0.1, -0.05) is 74.5 Å². The number of hydrogen-bond donors (Lipinski definition) is 1. The Morgan fingerprint density at radius 1 is 0.727 bits per heavy atom. The molecule has 1 atom stereocenters. The highest BCUT2D eigenvalue weighted by atomic mass is 31.2. The van der Waals surface area contributed by atoms with Gasteiger partial charge in [0, 0.05) is 24.2 Å². The number of rotatable bonds is 7. The van der Waals surface area contributed by atoms with Gasteiger partial charge in [-0.2, -0.15) is 0 Å². The predicted octanol–water partition coefficient (Wildman–Crippen LogP) is 7.76. The second kappa shape index (κ2) is 9.71. The van der Waals surface area contributed by atoms with Crippen molar-refractivity contribution >= 4 is 29.8 Å². The molecule has 0 aromatic heterocycles. The van der Waals surface area contributed by atoms with E-state index >= 15 is 0 Å². The van der Waals surface area contributed by atoms with Crippen molar-refractivity contribution < 1.29 is 9.63 Å². The molecular formula is C29H27NO2P. The van der Waals surface area contributed by atoms with E-state index in [1.54, 1.807) is 6.07 Å². The summed E-state index contributed by atoms with van der Waals surface area (Å²) in [5.74, 6) is 1.05. The first-order chi connectivity index (χ1) is 16.2. The van der Waals surface area contributed by atoms with E-state index in [1.165, 1.54) is 5.66 Å². The molecule has 1 N–H and O–H groups in total. The SMILES string of the molecule is CCN(CC)[P@](Oc1ccc2ccccc2c1-c1c(O)ccc2ccccc12)[C]1[CH][CH][CH][CH]1. The number of hydrogen-bond acceptors (Lipinski definition) is 3. The third-order valence-electron chi connectivity index (χ3n) is 6.09. The van der Waals surface area contributed by atoms with Gasteiger partial charge in [0.05, 0.1) is 5.66 Å². The third kappa shape index (κ3) is 4.21. The monoisotopic (exact) mass is 452 g/mol. The molecule has 5 rings (SSSR count). The maximum atomic E-state index is 11.1. The van der Waals surface area contributed by atoms with Crippen molar-refractivity contribution in [3.63, 3.8) is 0 Å². The second-order valence-electron chi connectivity index (χ2n) is 7.99. The molecule has 0 bridgehead atoms. The lowest BCUT2D eigenvalue weighted by Crippen LogP contribution is -2.22. The first-order valence-corrected chi connectivity index (χ1v) is 12.6. The summed E-state index contributed by atoms with van der Waals surface area (Å²) in [6.07, 6.45) is 8.41. The number of aromatic hydroxyl groups is 1. The van der Waals surface area contributed by atoms with Crippen LogP contribution in [0.4, 0.5) is 0 Å². The summed E-state index contributed by atoms with van der Waals surface area (Å²) in [5.41, 5.74) is 2.94.